The van der Waals surface area contributed by atoms with Crippen LogP contribution in [-0.4, -0.2) is 59.8 Å². The molecule has 28 heavy (non-hydrogen) atoms. The second-order valence-corrected chi connectivity index (χ2v) is 7.62. The fourth-order valence-corrected chi connectivity index (χ4v) is 3.45. The van der Waals surface area contributed by atoms with Crippen molar-refractivity contribution < 1.29 is 14.6 Å². The number of aromatic nitrogens is 1. The number of fused-ring (bicyclic) bond motifs is 1. The summed E-state index contributed by atoms with van der Waals surface area (Å²) in [5.41, 5.74) is 3.48. The van der Waals surface area contributed by atoms with Gasteiger partial charge in [0.25, 0.3) is 5.91 Å². The summed E-state index contributed by atoms with van der Waals surface area (Å²) in [6.45, 7) is 7.03. The number of ether oxygens (including phenoxy) is 1. The van der Waals surface area contributed by atoms with Crippen LogP contribution in [0.5, 0.6) is 5.88 Å². The number of hydrogen-bond donors (Lipinski definition) is 2. The number of hydrogen-bond acceptors (Lipinski definition) is 5. The largest absolute Gasteiger partial charge is 0.472 e. The zero-order valence-corrected chi connectivity index (χ0v) is 17.0. The first-order valence-electron chi connectivity index (χ1n) is 9.74. The number of nitrogens with zero attached hydrogens (tertiary/aromatic N) is 2. The van der Waals surface area contributed by atoms with Crippen molar-refractivity contribution in [2.75, 3.05) is 26.7 Å². The number of nitrogens with one attached hydrogen (secondary N) is 1. The molecule has 0 aliphatic carbocycles. The molecule has 2 heterocycles. The van der Waals surface area contributed by atoms with Gasteiger partial charge in [0.2, 0.25) is 5.88 Å². The van der Waals surface area contributed by atoms with Crippen LogP contribution in [0.15, 0.2) is 36.5 Å². The molecule has 0 spiro atoms. The first kappa shape index (κ1) is 20.3. The number of carbonyl (C=O) groups excluding carboxylic acids is 1. The molecule has 3 atom stereocenters. The molecule has 2 N–H and O–H groups in total. The summed E-state index contributed by atoms with van der Waals surface area (Å²) in [6, 6.07) is 9.68. The SMILES string of the molecule is CNC[C@H]1Oc2ncc(-c3ccc(C)cc3)cc2C(=O)N([C@H](C)CO)C[C@H]1C. The Morgan fingerprint density at radius 3 is 2.68 bits per heavy atom. The maximum atomic E-state index is 13.3. The summed E-state index contributed by atoms with van der Waals surface area (Å²) in [4.78, 5) is 19.5. The van der Waals surface area contributed by atoms with E-state index in [1.807, 2.05) is 51.2 Å². The minimum Gasteiger partial charge on any atom is -0.472 e. The van der Waals surface area contributed by atoms with E-state index in [4.69, 9.17) is 4.74 Å². The highest BCUT2D eigenvalue weighted by Gasteiger charge is 2.33. The van der Waals surface area contributed by atoms with E-state index in [1.165, 1.54) is 5.56 Å². The van der Waals surface area contributed by atoms with E-state index in [9.17, 15) is 9.90 Å². The number of amides is 1. The van der Waals surface area contributed by atoms with Gasteiger partial charge in [-0.25, -0.2) is 4.98 Å². The Bertz CT molecular complexity index is 822. The summed E-state index contributed by atoms with van der Waals surface area (Å²) < 4.78 is 6.15. The quantitative estimate of drug-likeness (QED) is 0.830. The van der Waals surface area contributed by atoms with Gasteiger partial charge in [0.05, 0.1) is 12.6 Å². The third-order valence-corrected chi connectivity index (χ3v) is 5.31. The molecule has 0 saturated carbocycles. The lowest BCUT2D eigenvalue weighted by atomic mass is 9.99. The van der Waals surface area contributed by atoms with E-state index in [-0.39, 0.29) is 30.6 Å². The molecular weight excluding hydrogens is 354 g/mol. The highest BCUT2D eigenvalue weighted by Crippen LogP contribution is 2.30. The molecule has 1 aromatic carbocycles. The maximum Gasteiger partial charge on any atom is 0.259 e. The average molecular weight is 383 g/mol. The number of aliphatic hydroxyl groups excluding tert-OH is 1. The lowest BCUT2D eigenvalue weighted by molar-refractivity contribution is 0.0404. The van der Waals surface area contributed by atoms with Gasteiger partial charge in [0.15, 0.2) is 0 Å². The number of pyridine rings is 1. The summed E-state index contributed by atoms with van der Waals surface area (Å²) in [5.74, 6) is 0.285. The molecule has 0 unspecified atom stereocenters. The predicted octanol–water partition coefficient (Wildman–Crippen LogP) is 2.50. The monoisotopic (exact) mass is 383 g/mol. The van der Waals surface area contributed by atoms with Crippen LogP contribution in [0.1, 0.15) is 29.8 Å². The second-order valence-electron chi connectivity index (χ2n) is 7.62. The van der Waals surface area contributed by atoms with E-state index in [1.54, 1.807) is 11.1 Å². The van der Waals surface area contributed by atoms with Gasteiger partial charge in [-0.1, -0.05) is 36.8 Å². The van der Waals surface area contributed by atoms with E-state index >= 15 is 0 Å². The van der Waals surface area contributed by atoms with Crippen molar-refractivity contribution in [2.24, 2.45) is 5.92 Å². The minimum absolute atomic E-state index is 0.0869. The standard InChI is InChI=1S/C22H29N3O3/c1-14-5-7-17(8-6-14)18-9-19-21(24-10-18)28-20(11-23-4)15(2)12-25(22(19)27)16(3)13-26/h5-10,15-16,20,23,26H,11-13H2,1-4H3/t15-,16-,20-/m1/s1. The zero-order valence-electron chi connectivity index (χ0n) is 17.0. The molecule has 1 aliphatic rings. The molecule has 150 valence electrons. The third kappa shape index (κ3) is 4.18. The fourth-order valence-electron chi connectivity index (χ4n) is 3.45. The molecule has 1 aliphatic heterocycles. The Kier molecular flexibility index (Phi) is 6.31. The van der Waals surface area contributed by atoms with Gasteiger partial charge >= 0.3 is 0 Å². The fraction of sp³-hybridized carbons (Fsp3) is 0.455. The molecule has 0 radical (unpaired) electrons. The smallest absolute Gasteiger partial charge is 0.259 e. The molecule has 2 aromatic rings. The molecule has 6 nitrogen and oxygen atoms in total. The Labute approximate surface area is 166 Å². The van der Waals surface area contributed by atoms with Gasteiger partial charge in [-0.05, 0) is 32.5 Å². The Morgan fingerprint density at radius 1 is 1.32 bits per heavy atom. The summed E-state index contributed by atoms with van der Waals surface area (Å²) >= 11 is 0. The minimum atomic E-state index is -0.279. The van der Waals surface area contributed by atoms with Crippen molar-refractivity contribution in [1.29, 1.82) is 0 Å². The number of rotatable bonds is 5. The normalized spacial score (nSPS) is 20.8. The van der Waals surface area contributed by atoms with Gasteiger partial charge < -0.3 is 20.1 Å². The second kappa shape index (κ2) is 8.71. The van der Waals surface area contributed by atoms with Gasteiger partial charge in [-0.3, -0.25) is 4.79 Å². The van der Waals surface area contributed by atoms with Crippen molar-refractivity contribution in [1.82, 2.24) is 15.2 Å². The van der Waals surface area contributed by atoms with Gasteiger partial charge in [0, 0.05) is 30.8 Å². The van der Waals surface area contributed by atoms with Crippen LogP contribution in [0, 0.1) is 12.8 Å². The third-order valence-electron chi connectivity index (χ3n) is 5.31. The maximum absolute atomic E-state index is 13.3. The van der Waals surface area contributed by atoms with Crippen LogP contribution in [0.3, 0.4) is 0 Å². The number of likely N-dealkylation sites (N-methyl/N-ethyl adjacent to an activating group) is 1. The highest BCUT2D eigenvalue weighted by atomic mass is 16.5. The molecule has 6 heteroatoms. The van der Waals surface area contributed by atoms with Crippen LogP contribution < -0.4 is 10.1 Å². The topological polar surface area (TPSA) is 74.7 Å². The van der Waals surface area contributed by atoms with Crippen LogP contribution >= 0.6 is 0 Å². The van der Waals surface area contributed by atoms with E-state index < -0.39 is 0 Å². The van der Waals surface area contributed by atoms with Crippen LogP contribution in [0.2, 0.25) is 0 Å². The molecule has 0 saturated heterocycles. The van der Waals surface area contributed by atoms with E-state index in [0.29, 0.717) is 24.5 Å². The van der Waals surface area contributed by atoms with Crippen molar-refractivity contribution in [2.45, 2.75) is 32.9 Å². The summed E-state index contributed by atoms with van der Waals surface area (Å²) in [7, 11) is 1.88. The molecule has 1 aromatic heterocycles. The van der Waals surface area contributed by atoms with E-state index in [2.05, 4.69) is 17.2 Å². The first-order chi connectivity index (χ1) is 13.4. The Balaban J connectivity index is 2.06. The molecule has 0 bridgehead atoms. The number of benzene rings is 1. The van der Waals surface area contributed by atoms with Gasteiger partial charge in [0.1, 0.15) is 11.7 Å². The van der Waals surface area contributed by atoms with Gasteiger partial charge in [-0.2, -0.15) is 0 Å². The van der Waals surface area contributed by atoms with Crippen molar-refractivity contribution in [3.63, 3.8) is 0 Å². The van der Waals surface area contributed by atoms with Crippen molar-refractivity contribution in [3.05, 3.63) is 47.7 Å². The zero-order chi connectivity index (χ0) is 20.3. The van der Waals surface area contributed by atoms with E-state index in [0.717, 1.165) is 11.1 Å². The van der Waals surface area contributed by atoms with Crippen LogP contribution in [0.4, 0.5) is 0 Å². The first-order valence-corrected chi connectivity index (χ1v) is 9.74. The lowest BCUT2D eigenvalue weighted by Crippen LogP contribution is -2.49. The number of carbonyl (C=O) groups is 1. The lowest BCUT2D eigenvalue weighted by Gasteiger charge is -2.36. The van der Waals surface area contributed by atoms with Gasteiger partial charge in [-0.15, -0.1) is 0 Å². The molecular formula is C22H29N3O3. The van der Waals surface area contributed by atoms with Crippen molar-refractivity contribution in [3.8, 4) is 17.0 Å². The summed E-state index contributed by atoms with van der Waals surface area (Å²) in [6.07, 6.45) is 1.63. The molecule has 0 fully saturated rings. The van der Waals surface area contributed by atoms with Crippen LogP contribution in [0.25, 0.3) is 11.1 Å². The predicted molar refractivity (Wildman–Crippen MR) is 110 cm³/mol. The summed E-state index contributed by atoms with van der Waals surface area (Å²) in [5, 5.41) is 12.8. The Hall–Kier alpha value is -2.44. The highest BCUT2D eigenvalue weighted by molar-refractivity contribution is 5.98. The average Bonchev–Trinajstić information content (AvgIpc) is 2.70. The van der Waals surface area contributed by atoms with Crippen molar-refractivity contribution >= 4 is 5.91 Å². The Morgan fingerprint density at radius 2 is 2.04 bits per heavy atom. The number of aliphatic hydroxyl groups is 1. The van der Waals surface area contributed by atoms with Crippen LogP contribution in [-0.2, 0) is 0 Å². The molecule has 3 rings (SSSR count). The molecule has 1 amide bonds. The number of aryl methyl sites for hydroxylation is 1.